The van der Waals surface area contributed by atoms with E-state index in [1.165, 1.54) is 22.7 Å². The second kappa shape index (κ2) is 8.47. The van der Waals surface area contributed by atoms with E-state index in [9.17, 15) is 18.0 Å². The molecule has 6 nitrogen and oxygen atoms in total. The molecule has 2 heterocycles. The van der Waals surface area contributed by atoms with Gasteiger partial charge in [-0.05, 0) is 42.7 Å². The van der Waals surface area contributed by atoms with Gasteiger partial charge in [0.15, 0.2) is 11.3 Å². The first-order valence-corrected chi connectivity index (χ1v) is 10.4. The van der Waals surface area contributed by atoms with Crippen molar-refractivity contribution in [2.24, 2.45) is 0 Å². The number of para-hydroxylation sites is 1. The fourth-order valence-corrected chi connectivity index (χ4v) is 3.77. The van der Waals surface area contributed by atoms with Crippen molar-refractivity contribution in [1.82, 2.24) is 19.8 Å². The third-order valence-electron chi connectivity index (χ3n) is 5.15. The molecule has 0 aliphatic rings. The Morgan fingerprint density at radius 3 is 2.48 bits per heavy atom. The summed E-state index contributed by atoms with van der Waals surface area (Å²) in [5, 5.41) is 15.7. The van der Waals surface area contributed by atoms with Crippen molar-refractivity contribution in [3.8, 4) is 11.1 Å². The van der Waals surface area contributed by atoms with Gasteiger partial charge in [0.2, 0.25) is 0 Å². The van der Waals surface area contributed by atoms with Crippen molar-refractivity contribution in [3.63, 3.8) is 0 Å². The van der Waals surface area contributed by atoms with Crippen LogP contribution < -0.4 is 5.32 Å². The molecule has 4 rings (SSSR count). The van der Waals surface area contributed by atoms with Crippen LogP contribution >= 0.6 is 11.6 Å². The largest absolute Gasteiger partial charge is 0.418 e. The average Bonchev–Trinajstić information content (AvgIpc) is 3.14. The molecule has 4 aromatic rings. The second-order valence-electron chi connectivity index (χ2n) is 7.79. The first-order valence-electron chi connectivity index (χ1n) is 10.1. The Hall–Kier alpha value is -3.46. The monoisotopic (exact) mass is 473 g/mol. The van der Waals surface area contributed by atoms with Crippen LogP contribution in [0.5, 0.6) is 0 Å². The molecule has 0 fully saturated rings. The summed E-state index contributed by atoms with van der Waals surface area (Å²) in [6.45, 7) is 5.56. The summed E-state index contributed by atoms with van der Waals surface area (Å²) >= 11 is 6.17. The number of hydrogen-bond acceptors (Lipinski definition) is 4. The highest BCUT2D eigenvalue weighted by molar-refractivity contribution is 6.30. The molecule has 0 aliphatic heterocycles. The van der Waals surface area contributed by atoms with E-state index in [-0.39, 0.29) is 17.3 Å². The first-order chi connectivity index (χ1) is 15.6. The van der Waals surface area contributed by atoms with Crippen molar-refractivity contribution < 1.29 is 18.0 Å². The number of rotatable bonds is 4. The molecule has 1 N–H and O–H groups in total. The van der Waals surface area contributed by atoms with Gasteiger partial charge in [0.1, 0.15) is 0 Å². The molecule has 2 aromatic heterocycles. The predicted molar refractivity (Wildman–Crippen MR) is 119 cm³/mol. The zero-order valence-corrected chi connectivity index (χ0v) is 18.7. The van der Waals surface area contributed by atoms with Crippen LogP contribution in [0.15, 0.2) is 48.5 Å². The van der Waals surface area contributed by atoms with Crippen molar-refractivity contribution in [1.29, 1.82) is 0 Å². The van der Waals surface area contributed by atoms with Gasteiger partial charge in [-0.3, -0.25) is 4.79 Å². The molecular formula is C23H19ClF3N5O. The summed E-state index contributed by atoms with van der Waals surface area (Å²) in [4.78, 5) is 12.9. The molecule has 10 heteroatoms. The van der Waals surface area contributed by atoms with Crippen LogP contribution in [0.1, 0.15) is 47.2 Å². The molecule has 1 amide bonds. The smallest absolute Gasteiger partial charge is 0.320 e. The summed E-state index contributed by atoms with van der Waals surface area (Å²) < 4.78 is 41.4. The number of anilines is 1. The van der Waals surface area contributed by atoms with E-state index in [0.717, 1.165) is 22.9 Å². The van der Waals surface area contributed by atoms with Gasteiger partial charge in [0, 0.05) is 5.02 Å². The van der Waals surface area contributed by atoms with Gasteiger partial charge in [-0.25, -0.2) is 4.52 Å². The number of nitrogens with zero attached hydrogens (tertiary/aromatic N) is 4. The highest BCUT2D eigenvalue weighted by Crippen LogP contribution is 2.35. The third-order valence-corrected chi connectivity index (χ3v) is 5.38. The number of carbonyl (C=O) groups is 1. The molecule has 2 aromatic carbocycles. The van der Waals surface area contributed by atoms with Crippen LogP contribution in [-0.2, 0) is 6.18 Å². The van der Waals surface area contributed by atoms with Crippen LogP contribution in [0.25, 0.3) is 16.8 Å². The molecule has 0 bridgehead atoms. The predicted octanol–water partition coefficient (Wildman–Crippen LogP) is 6.15. The van der Waals surface area contributed by atoms with Crippen LogP contribution in [-0.4, -0.2) is 25.7 Å². The minimum atomic E-state index is -4.62. The van der Waals surface area contributed by atoms with E-state index in [4.69, 9.17) is 11.6 Å². The fraction of sp³-hybridized carbons (Fsp3) is 0.217. The number of halogens is 4. The molecule has 0 spiro atoms. The van der Waals surface area contributed by atoms with E-state index in [1.807, 2.05) is 26.0 Å². The Balaban J connectivity index is 1.81. The van der Waals surface area contributed by atoms with E-state index < -0.39 is 17.6 Å². The quantitative estimate of drug-likeness (QED) is 0.386. The minimum absolute atomic E-state index is 0.0241. The highest BCUT2D eigenvalue weighted by Gasteiger charge is 2.34. The number of benzene rings is 2. The lowest BCUT2D eigenvalue weighted by Crippen LogP contribution is -2.20. The highest BCUT2D eigenvalue weighted by atomic mass is 35.5. The lowest BCUT2D eigenvalue weighted by atomic mass is 9.99. The van der Waals surface area contributed by atoms with E-state index >= 15 is 0 Å². The summed E-state index contributed by atoms with van der Waals surface area (Å²) in [6, 6.07) is 12.0. The van der Waals surface area contributed by atoms with Crippen LogP contribution in [0.4, 0.5) is 18.9 Å². The normalized spacial score (nSPS) is 11.9. The zero-order chi connectivity index (χ0) is 23.9. The molecule has 33 heavy (non-hydrogen) atoms. The molecular weight excluding hydrogens is 455 g/mol. The maximum atomic E-state index is 13.3. The lowest BCUT2D eigenvalue weighted by molar-refractivity contribution is -0.136. The van der Waals surface area contributed by atoms with Gasteiger partial charge in [0.05, 0.1) is 28.2 Å². The van der Waals surface area contributed by atoms with Crippen molar-refractivity contribution in [3.05, 3.63) is 76.2 Å². The molecule has 0 saturated carbocycles. The van der Waals surface area contributed by atoms with Gasteiger partial charge < -0.3 is 5.32 Å². The van der Waals surface area contributed by atoms with Crippen molar-refractivity contribution in [2.45, 2.75) is 32.9 Å². The SMILES string of the molecule is Cc1c(C(=O)Nc2ccccc2C(F)(F)F)nnc2c(-c3cccc(Cl)c3)c(C(C)C)nn12. The van der Waals surface area contributed by atoms with Crippen LogP contribution in [0.2, 0.25) is 5.02 Å². The zero-order valence-electron chi connectivity index (χ0n) is 17.9. The minimum Gasteiger partial charge on any atom is -0.320 e. The number of hydrogen-bond donors (Lipinski definition) is 1. The van der Waals surface area contributed by atoms with Crippen LogP contribution in [0.3, 0.4) is 0 Å². The van der Waals surface area contributed by atoms with Gasteiger partial charge in [-0.2, -0.15) is 18.3 Å². The van der Waals surface area contributed by atoms with Gasteiger partial charge in [0.25, 0.3) is 5.91 Å². The Morgan fingerprint density at radius 1 is 1.09 bits per heavy atom. The van der Waals surface area contributed by atoms with Gasteiger partial charge in [-0.15, -0.1) is 10.2 Å². The maximum Gasteiger partial charge on any atom is 0.418 e. The number of fused-ring (bicyclic) bond motifs is 1. The van der Waals surface area contributed by atoms with E-state index in [2.05, 4.69) is 20.6 Å². The summed E-state index contributed by atoms with van der Waals surface area (Å²) in [5.74, 6) is -0.791. The number of nitrogens with one attached hydrogen (secondary N) is 1. The first kappa shape index (κ1) is 22.7. The van der Waals surface area contributed by atoms with Crippen molar-refractivity contribution >= 4 is 28.8 Å². The molecule has 0 atom stereocenters. The van der Waals surface area contributed by atoms with E-state index in [1.54, 1.807) is 19.1 Å². The Labute approximate surface area is 192 Å². The Kier molecular flexibility index (Phi) is 5.84. The molecule has 0 unspecified atom stereocenters. The lowest BCUT2D eigenvalue weighted by Gasteiger charge is -2.13. The molecule has 170 valence electrons. The number of aromatic nitrogens is 4. The molecule has 0 saturated heterocycles. The van der Waals surface area contributed by atoms with Gasteiger partial charge in [-0.1, -0.05) is 49.7 Å². The fourth-order valence-electron chi connectivity index (χ4n) is 3.58. The number of alkyl halides is 3. The summed E-state index contributed by atoms with van der Waals surface area (Å²) in [6.07, 6.45) is -4.62. The number of carbonyl (C=O) groups excluding carboxylic acids is 1. The number of amides is 1. The molecule has 0 radical (unpaired) electrons. The number of aryl methyl sites for hydroxylation is 1. The van der Waals surface area contributed by atoms with E-state index in [0.29, 0.717) is 16.4 Å². The van der Waals surface area contributed by atoms with Crippen LogP contribution in [0, 0.1) is 6.92 Å². The van der Waals surface area contributed by atoms with Crippen molar-refractivity contribution in [2.75, 3.05) is 5.32 Å². The Morgan fingerprint density at radius 2 is 1.82 bits per heavy atom. The summed E-state index contributed by atoms with van der Waals surface area (Å²) in [5.41, 5.74) is 1.59. The van der Waals surface area contributed by atoms with Gasteiger partial charge >= 0.3 is 6.18 Å². The standard InChI is InChI=1S/C23H19ClF3N5O/c1-12(2)19-18(14-7-6-8-15(24)11-14)21-30-29-20(13(3)32(21)31-19)22(33)28-17-10-5-4-9-16(17)23(25,26)27/h4-12H,1-3H3,(H,28,33). The summed E-state index contributed by atoms with van der Waals surface area (Å²) in [7, 11) is 0. The topological polar surface area (TPSA) is 72.2 Å². The molecule has 0 aliphatic carbocycles. The Bertz CT molecular complexity index is 1360. The average molecular weight is 474 g/mol. The maximum absolute atomic E-state index is 13.3. The second-order valence-corrected chi connectivity index (χ2v) is 8.23. The third kappa shape index (κ3) is 4.28.